The zero-order valence-corrected chi connectivity index (χ0v) is 10.5. The highest BCUT2D eigenvalue weighted by molar-refractivity contribution is 5.99. The Morgan fingerprint density at radius 2 is 2.32 bits per heavy atom. The van der Waals surface area contributed by atoms with Gasteiger partial charge in [0.25, 0.3) is 0 Å². The van der Waals surface area contributed by atoms with Gasteiger partial charge in [0.2, 0.25) is 5.91 Å². The highest BCUT2D eigenvalue weighted by Crippen LogP contribution is 2.23. The minimum atomic E-state index is -0.982. The van der Waals surface area contributed by atoms with Crippen LogP contribution in [0.15, 0.2) is 18.2 Å². The molecule has 102 valence electrons. The molecule has 2 rings (SSSR count). The molecule has 0 bridgehead atoms. The summed E-state index contributed by atoms with van der Waals surface area (Å²) in [5, 5.41) is 14.6. The molecule has 1 aliphatic rings. The average molecular weight is 263 g/mol. The summed E-state index contributed by atoms with van der Waals surface area (Å²) in [6.07, 6.45) is 0.813. The van der Waals surface area contributed by atoms with Crippen molar-refractivity contribution < 1.29 is 14.7 Å². The van der Waals surface area contributed by atoms with Crippen molar-refractivity contribution in [3.05, 3.63) is 29.3 Å². The van der Waals surface area contributed by atoms with Crippen LogP contribution in [0, 0.1) is 0 Å². The van der Waals surface area contributed by atoms with Crippen molar-refractivity contribution in [2.24, 2.45) is 5.73 Å². The number of carboxylic acids is 1. The van der Waals surface area contributed by atoms with Gasteiger partial charge < -0.3 is 21.5 Å². The van der Waals surface area contributed by atoms with Gasteiger partial charge in [-0.2, -0.15) is 0 Å². The number of anilines is 1. The zero-order chi connectivity index (χ0) is 13.8. The summed E-state index contributed by atoms with van der Waals surface area (Å²) in [6, 6.07) is 4.99. The molecule has 0 saturated heterocycles. The summed E-state index contributed by atoms with van der Waals surface area (Å²) >= 11 is 0. The monoisotopic (exact) mass is 263 g/mol. The zero-order valence-electron chi connectivity index (χ0n) is 10.5. The molecule has 6 heteroatoms. The van der Waals surface area contributed by atoms with Gasteiger partial charge in [-0.25, -0.2) is 0 Å². The second kappa shape index (κ2) is 5.81. The SMILES string of the molecule is NC(CCNCc1ccc2c(c1)CC(=O)N2)C(=O)O. The summed E-state index contributed by atoms with van der Waals surface area (Å²) in [5.41, 5.74) is 8.35. The van der Waals surface area contributed by atoms with Crippen molar-refractivity contribution in [1.82, 2.24) is 5.32 Å². The third-order valence-electron chi connectivity index (χ3n) is 3.07. The molecule has 1 aromatic carbocycles. The standard InChI is InChI=1S/C13H17N3O3/c14-10(13(18)19)3-4-15-7-8-1-2-11-9(5-8)6-12(17)16-11/h1-2,5,10,15H,3-4,6-7,14H2,(H,16,17)(H,18,19). The van der Waals surface area contributed by atoms with Crippen LogP contribution in [-0.2, 0) is 22.6 Å². The van der Waals surface area contributed by atoms with E-state index in [2.05, 4.69) is 10.6 Å². The smallest absolute Gasteiger partial charge is 0.320 e. The Morgan fingerprint density at radius 1 is 1.53 bits per heavy atom. The minimum absolute atomic E-state index is 0.0209. The molecule has 1 atom stereocenters. The first-order valence-electron chi connectivity index (χ1n) is 6.17. The van der Waals surface area contributed by atoms with Gasteiger partial charge in [0, 0.05) is 12.2 Å². The second-order valence-electron chi connectivity index (χ2n) is 4.63. The third kappa shape index (κ3) is 3.52. The molecule has 0 spiro atoms. The molecule has 0 fully saturated rings. The fraction of sp³-hybridized carbons (Fsp3) is 0.385. The predicted octanol–water partition coefficient (Wildman–Crippen LogP) is 0.0728. The van der Waals surface area contributed by atoms with E-state index >= 15 is 0 Å². The highest BCUT2D eigenvalue weighted by atomic mass is 16.4. The largest absolute Gasteiger partial charge is 0.480 e. The van der Waals surface area contributed by atoms with Crippen molar-refractivity contribution >= 4 is 17.6 Å². The van der Waals surface area contributed by atoms with Crippen molar-refractivity contribution in [2.75, 3.05) is 11.9 Å². The molecule has 19 heavy (non-hydrogen) atoms. The first-order chi connectivity index (χ1) is 9.06. The molecule has 1 aliphatic heterocycles. The fourth-order valence-corrected chi connectivity index (χ4v) is 2.01. The van der Waals surface area contributed by atoms with Gasteiger partial charge in [-0.3, -0.25) is 9.59 Å². The van der Waals surface area contributed by atoms with E-state index in [-0.39, 0.29) is 5.91 Å². The number of aliphatic carboxylic acids is 1. The number of nitrogens with one attached hydrogen (secondary N) is 2. The maximum atomic E-state index is 11.2. The molecule has 1 unspecified atom stereocenters. The molecule has 1 aromatic rings. The van der Waals surface area contributed by atoms with Gasteiger partial charge in [0.15, 0.2) is 0 Å². The van der Waals surface area contributed by atoms with E-state index in [9.17, 15) is 9.59 Å². The van der Waals surface area contributed by atoms with Crippen molar-refractivity contribution in [3.63, 3.8) is 0 Å². The van der Waals surface area contributed by atoms with E-state index in [0.29, 0.717) is 25.9 Å². The summed E-state index contributed by atoms with van der Waals surface area (Å²) in [5.74, 6) is -0.962. The van der Waals surface area contributed by atoms with Crippen molar-refractivity contribution in [1.29, 1.82) is 0 Å². The lowest BCUT2D eigenvalue weighted by atomic mass is 10.1. The first kappa shape index (κ1) is 13.5. The maximum absolute atomic E-state index is 11.2. The van der Waals surface area contributed by atoms with Crippen LogP contribution in [0.4, 0.5) is 5.69 Å². The molecule has 6 nitrogen and oxygen atoms in total. The van der Waals surface area contributed by atoms with Crippen LogP contribution in [-0.4, -0.2) is 29.6 Å². The summed E-state index contributed by atoms with van der Waals surface area (Å²) in [7, 11) is 0. The second-order valence-corrected chi connectivity index (χ2v) is 4.63. The molecule has 0 aromatic heterocycles. The van der Waals surface area contributed by atoms with Crippen LogP contribution in [0.1, 0.15) is 17.5 Å². The predicted molar refractivity (Wildman–Crippen MR) is 70.7 cm³/mol. The Balaban J connectivity index is 1.80. The number of amides is 1. The Labute approximate surface area is 111 Å². The molecular weight excluding hydrogens is 246 g/mol. The van der Waals surface area contributed by atoms with Crippen LogP contribution in [0.25, 0.3) is 0 Å². The quantitative estimate of drug-likeness (QED) is 0.544. The normalized spacial score (nSPS) is 14.9. The Kier molecular flexibility index (Phi) is 4.13. The topological polar surface area (TPSA) is 104 Å². The number of hydrogen-bond donors (Lipinski definition) is 4. The van der Waals surface area contributed by atoms with Crippen molar-refractivity contribution in [3.8, 4) is 0 Å². The number of fused-ring (bicyclic) bond motifs is 1. The fourth-order valence-electron chi connectivity index (χ4n) is 2.01. The van der Waals surface area contributed by atoms with Gasteiger partial charge >= 0.3 is 5.97 Å². The van der Waals surface area contributed by atoms with Gasteiger partial charge in [-0.15, -0.1) is 0 Å². The maximum Gasteiger partial charge on any atom is 0.320 e. The van der Waals surface area contributed by atoms with Crippen LogP contribution >= 0.6 is 0 Å². The van der Waals surface area contributed by atoms with Crippen LogP contribution in [0.5, 0.6) is 0 Å². The number of rotatable bonds is 6. The summed E-state index contributed by atoms with van der Waals surface area (Å²) in [6.45, 7) is 1.18. The number of nitrogens with two attached hydrogens (primary N) is 1. The third-order valence-corrected chi connectivity index (χ3v) is 3.07. The van der Waals surface area contributed by atoms with E-state index < -0.39 is 12.0 Å². The molecule has 5 N–H and O–H groups in total. The minimum Gasteiger partial charge on any atom is -0.480 e. The number of carbonyl (C=O) groups is 2. The first-order valence-corrected chi connectivity index (χ1v) is 6.17. The molecule has 0 radical (unpaired) electrons. The highest BCUT2D eigenvalue weighted by Gasteiger charge is 2.17. The number of carboxylic acid groups (broad SMARTS) is 1. The molecule has 1 heterocycles. The van der Waals surface area contributed by atoms with Crippen LogP contribution < -0.4 is 16.4 Å². The number of carbonyl (C=O) groups excluding carboxylic acids is 1. The van der Waals surface area contributed by atoms with Gasteiger partial charge in [-0.1, -0.05) is 12.1 Å². The number of hydrogen-bond acceptors (Lipinski definition) is 4. The van der Waals surface area contributed by atoms with E-state index in [1.54, 1.807) is 0 Å². The number of benzene rings is 1. The Morgan fingerprint density at radius 3 is 3.05 bits per heavy atom. The van der Waals surface area contributed by atoms with E-state index in [1.807, 2.05) is 18.2 Å². The molecule has 0 aliphatic carbocycles. The summed E-state index contributed by atoms with van der Waals surface area (Å²) in [4.78, 5) is 21.7. The van der Waals surface area contributed by atoms with E-state index in [0.717, 1.165) is 16.8 Å². The Bertz CT molecular complexity index is 502. The van der Waals surface area contributed by atoms with Gasteiger partial charge in [0.1, 0.15) is 6.04 Å². The molecule has 1 amide bonds. The lowest BCUT2D eigenvalue weighted by Gasteiger charge is -2.08. The lowest BCUT2D eigenvalue weighted by Crippen LogP contribution is -2.33. The summed E-state index contributed by atoms with van der Waals surface area (Å²) < 4.78 is 0. The van der Waals surface area contributed by atoms with E-state index in [1.165, 1.54) is 0 Å². The van der Waals surface area contributed by atoms with E-state index in [4.69, 9.17) is 10.8 Å². The van der Waals surface area contributed by atoms with Gasteiger partial charge in [-0.05, 0) is 30.2 Å². The van der Waals surface area contributed by atoms with Gasteiger partial charge in [0.05, 0.1) is 6.42 Å². The van der Waals surface area contributed by atoms with Crippen LogP contribution in [0.2, 0.25) is 0 Å². The Hall–Kier alpha value is -1.92. The average Bonchev–Trinajstić information content (AvgIpc) is 2.73. The molecule has 0 saturated carbocycles. The molecular formula is C13H17N3O3. The lowest BCUT2D eigenvalue weighted by molar-refractivity contribution is -0.138. The van der Waals surface area contributed by atoms with Crippen LogP contribution in [0.3, 0.4) is 0 Å². The van der Waals surface area contributed by atoms with Crippen molar-refractivity contribution in [2.45, 2.75) is 25.4 Å².